The highest BCUT2D eigenvalue weighted by Gasteiger charge is 2.38. The first-order chi connectivity index (χ1) is 7.14. The van der Waals surface area contributed by atoms with Gasteiger partial charge in [0.1, 0.15) is 0 Å². The summed E-state index contributed by atoms with van der Waals surface area (Å²) < 4.78 is 11.4. The van der Waals surface area contributed by atoms with Crippen LogP contribution in [0, 0.1) is 6.92 Å². The summed E-state index contributed by atoms with van der Waals surface area (Å²) in [6, 6.07) is 8.18. The highest BCUT2D eigenvalue weighted by molar-refractivity contribution is 6.18. The Kier molecular flexibility index (Phi) is 3.01. The van der Waals surface area contributed by atoms with Crippen molar-refractivity contribution in [3.05, 3.63) is 35.4 Å². The standard InChI is InChI=1S/C12H15ClO2/c1-9-3-5-10(6-4-9)12(2)14-8-11(7-13)15-12/h3-6,11H,7-8H2,1-2H3/t11-,12-/m1/s1. The van der Waals surface area contributed by atoms with Crippen molar-refractivity contribution in [2.45, 2.75) is 25.7 Å². The Bertz CT molecular complexity index is 336. The molecule has 0 saturated carbocycles. The summed E-state index contributed by atoms with van der Waals surface area (Å²) in [5.41, 5.74) is 2.27. The third-order valence-electron chi connectivity index (χ3n) is 2.68. The van der Waals surface area contributed by atoms with Gasteiger partial charge in [-0.25, -0.2) is 0 Å². The monoisotopic (exact) mass is 226 g/mol. The minimum absolute atomic E-state index is 0.00188. The lowest BCUT2D eigenvalue weighted by Crippen LogP contribution is -2.24. The van der Waals surface area contributed by atoms with Gasteiger partial charge in [-0.2, -0.15) is 0 Å². The normalized spacial score (nSPS) is 30.7. The zero-order valence-corrected chi connectivity index (χ0v) is 9.75. The number of rotatable bonds is 2. The lowest BCUT2D eigenvalue weighted by molar-refractivity contribution is -0.159. The predicted molar refractivity (Wildman–Crippen MR) is 60.1 cm³/mol. The van der Waals surface area contributed by atoms with Crippen molar-refractivity contribution in [2.24, 2.45) is 0 Å². The fourth-order valence-electron chi connectivity index (χ4n) is 1.72. The van der Waals surface area contributed by atoms with E-state index in [1.54, 1.807) is 0 Å². The number of halogens is 1. The molecular weight excluding hydrogens is 212 g/mol. The van der Waals surface area contributed by atoms with E-state index < -0.39 is 5.79 Å². The Balaban J connectivity index is 2.20. The molecule has 1 heterocycles. The van der Waals surface area contributed by atoms with E-state index in [-0.39, 0.29) is 6.10 Å². The molecule has 3 heteroatoms. The summed E-state index contributed by atoms with van der Waals surface area (Å²) in [6.45, 7) is 4.56. The second kappa shape index (κ2) is 4.12. The zero-order valence-electron chi connectivity index (χ0n) is 9.00. The maximum absolute atomic E-state index is 5.77. The van der Waals surface area contributed by atoms with Crippen LogP contribution in [-0.2, 0) is 15.3 Å². The molecule has 15 heavy (non-hydrogen) atoms. The SMILES string of the molecule is Cc1ccc([C@]2(C)OC[C@@H](CCl)O2)cc1. The molecule has 2 rings (SSSR count). The van der Waals surface area contributed by atoms with Crippen LogP contribution in [0.3, 0.4) is 0 Å². The van der Waals surface area contributed by atoms with Crippen LogP contribution in [-0.4, -0.2) is 18.6 Å². The molecule has 1 aromatic carbocycles. The molecule has 1 aliphatic rings. The van der Waals surface area contributed by atoms with Gasteiger partial charge in [0.2, 0.25) is 0 Å². The van der Waals surface area contributed by atoms with Crippen LogP contribution in [0.25, 0.3) is 0 Å². The molecule has 1 aliphatic heterocycles. The number of aryl methyl sites for hydroxylation is 1. The summed E-state index contributed by atoms with van der Waals surface area (Å²) >= 11 is 5.74. The first kappa shape index (κ1) is 10.9. The highest BCUT2D eigenvalue weighted by atomic mass is 35.5. The average Bonchev–Trinajstić information content (AvgIpc) is 2.62. The van der Waals surface area contributed by atoms with Gasteiger partial charge in [-0.1, -0.05) is 29.8 Å². The molecule has 1 fully saturated rings. The fourth-order valence-corrected chi connectivity index (χ4v) is 1.87. The zero-order chi connectivity index (χ0) is 10.9. The number of benzene rings is 1. The van der Waals surface area contributed by atoms with Gasteiger partial charge in [0.15, 0.2) is 5.79 Å². The summed E-state index contributed by atoms with van der Waals surface area (Å²) in [5, 5.41) is 0. The van der Waals surface area contributed by atoms with Gasteiger partial charge in [-0.15, -0.1) is 11.6 Å². The molecule has 82 valence electrons. The molecule has 2 nitrogen and oxygen atoms in total. The molecule has 2 atom stereocenters. The van der Waals surface area contributed by atoms with Crippen molar-refractivity contribution < 1.29 is 9.47 Å². The predicted octanol–water partition coefficient (Wildman–Crippen LogP) is 2.82. The minimum atomic E-state index is -0.632. The molecule has 0 amide bonds. The lowest BCUT2D eigenvalue weighted by atomic mass is 10.1. The van der Waals surface area contributed by atoms with Crippen molar-refractivity contribution in [3.8, 4) is 0 Å². The van der Waals surface area contributed by atoms with Crippen LogP contribution in [0.5, 0.6) is 0 Å². The van der Waals surface area contributed by atoms with Gasteiger partial charge in [-0.3, -0.25) is 0 Å². The van der Waals surface area contributed by atoms with E-state index in [0.29, 0.717) is 12.5 Å². The quantitative estimate of drug-likeness (QED) is 0.722. The van der Waals surface area contributed by atoms with Gasteiger partial charge < -0.3 is 9.47 Å². The van der Waals surface area contributed by atoms with Gasteiger partial charge in [0.05, 0.1) is 18.6 Å². The van der Waals surface area contributed by atoms with Crippen molar-refractivity contribution in [3.63, 3.8) is 0 Å². The van der Waals surface area contributed by atoms with Crippen molar-refractivity contribution in [1.29, 1.82) is 0 Å². The number of alkyl halides is 1. The van der Waals surface area contributed by atoms with Crippen molar-refractivity contribution >= 4 is 11.6 Å². The minimum Gasteiger partial charge on any atom is -0.343 e. The van der Waals surface area contributed by atoms with E-state index in [4.69, 9.17) is 21.1 Å². The average molecular weight is 227 g/mol. The third kappa shape index (κ3) is 2.17. The van der Waals surface area contributed by atoms with Crippen LogP contribution in [0.1, 0.15) is 18.1 Å². The molecule has 0 spiro atoms. The topological polar surface area (TPSA) is 18.5 Å². The van der Waals surface area contributed by atoms with E-state index in [9.17, 15) is 0 Å². The highest BCUT2D eigenvalue weighted by Crippen LogP contribution is 2.34. The van der Waals surface area contributed by atoms with Crippen LogP contribution in [0.2, 0.25) is 0 Å². The van der Waals surface area contributed by atoms with Gasteiger partial charge in [0, 0.05) is 5.56 Å². The Hall–Kier alpha value is -0.570. The molecule has 0 radical (unpaired) electrons. The molecule has 1 aromatic rings. The number of ether oxygens (including phenoxy) is 2. The largest absolute Gasteiger partial charge is 0.343 e. The number of hydrogen-bond acceptors (Lipinski definition) is 2. The molecule has 0 unspecified atom stereocenters. The molecule has 1 saturated heterocycles. The van der Waals surface area contributed by atoms with Crippen LogP contribution >= 0.6 is 11.6 Å². The van der Waals surface area contributed by atoms with Crippen LogP contribution < -0.4 is 0 Å². The summed E-state index contributed by atoms with van der Waals surface area (Å²) in [6.07, 6.45) is -0.00188. The molecule has 0 N–H and O–H groups in total. The van der Waals surface area contributed by atoms with Gasteiger partial charge >= 0.3 is 0 Å². The van der Waals surface area contributed by atoms with Crippen LogP contribution in [0.15, 0.2) is 24.3 Å². The second-order valence-electron chi connectivity index (χ2n) is 4.02. The van der Waals surface area contributed by atoms with E-state index in [1.807, 2.05) is 19.1 Å². The van der Waals surface area contributed by atoms with Crippen LogP contribution in [0.4, 0.5) is 0 Å². The summed E-state index contributed by atoms with van der Waals surface area (Å²) in [4.78, 5) is 0. The fraction of sp³-hybridized carbons (Fsp3) is 0.500. The van der Waals surface area contributed by atoms with Crippen molar-refractivity contribution in [1.82, 2.24) is 0 Å². The van der Waals surface area contributed by atoms with E-state index in [1.165, 1.54) is 5.56 Å². The molecule has 0 aliphatic carbocycles. The first-order valence-electron chi connectivity index (χ1n) is 5.09. The Morgan fingerprint density at radius 1 is 1.40 bits per heavy atom. The smallest absolute Gasteiger partial charge is 0.192 e. The van der Waals surface area contributed by atoms with E-state index >= 15 is 0 Å². The Labute approximate surface area is 95.1 Å². The Morgan fingerprint density at radius 3 is 2.60 bits per heavy atom. The molecule has 0 aromatic heterocycles. The molecule has 0 bridgehead atoms. The number of hydrogen-bond donors (Lipinski definition) is 0. The van der Waals surface area contributed by atoms with Gasteiger partial charge in [0.25, 0.3) is 0 Å². The lowest BCUT2D eigenvalue weighted by Gasteiger charge is -2.23. The first-order valence-corrected chi connectivity index (χ1v) is 5.62. The Morgan fingerprint density at radius 2 is 2.07 bits per heavy atom. The molecular formula is C12H15ClO2. The van der Waals surface area contributed by atoms with E-state index in [0.717, 1.165) is 5.56 Å². The maximum atomic E-state index is 5.77. The summed E-state index contributed by atoms with van der Waals surface area (Å²) in [5.74, 6) is -0.158. The second-order valence-corrected chi connectivity index (χ2v) is 4.33. The van der Waals surface area contributed by atoms with Gasteiger partial charge in [-0.05, 0) is 13.8 Å². The van der Waals surface area contributed by atoms with E-state index in [2.05, 4.69) is 19.1 Å². The summed E-state index contributed by atoms with van der Waals surface area (Å²) in [7, 11) is 0. The maximum Gasteiger partial charge on any atom is 0.192 e. The third-order valence-corrected chi connectivity index (χ3v) is 3.03. The van der Waals surface area contributed by atoms with Crippen molar-refractivity contribution in [2.75, 3.05) is 12.5 Å².